The van der Waals surface area contributed by atoms with Gasteiger partial charge in [-0.1, -0.05) is 0 Å². The minimum absolute atomic E-state index is 0.0645. The first-order valence-corrected chi connectivity index (χ1v) is 6.24. The molecule has 0 bridgehead atoms. The van der Waals surface area contributed by atoms with Crippen molar-refractivity contribution in [3.8, 4) is 6.07 Å². The molecule has 0 aliphatic heterocycles. The molecule has 0 aliphatic carbocycles. The van der Waals surface area contributed by atoms with Gasteiger partial charge in [0.1, 0.15) is 11.9 Å². The molecule has 0 saturated heterocycles. The zero-order valence-electron chi connectivity index (χ0n) is 8.77. The average molecular weight is 240 g/mol. The van der Waals surface area contributed by atoms with Crippen LogP contribution in [0.15, 0.2) is 18.3 Å². The van der Waals surface area contributed by atoms with Crippen molar-refractivity contribution in [3.05, 3.63) is 23.9 Å². The number of hydrogen-bond donors (Lipinski definition) is 2. The Bertz CT molecular complexity index is 492. The highest BCUT2D eigenvalue weighted by Gasteiger charge is 2.07. The molecule has 16 heavy (non-hydrogen) atoms. The standard InChI is InChI=1S/C9H12N4O2S/c1-11-16(14,15)6-5-13-9-8(7-10)3-2-4-12-9/h2-4,11H,5-6H2,1H3,(H,12,13). The number of hydrogen-bond acceptors (Lipinski definition) is 5. The number of nitriles is 1. The number of nitrogens with one attached hydrogen (secondary N) is 2. The van der Waals surface area contributed by atoms with Gasteiger partial charge in [-0.2, -0.15) is 5.26 Å². The van der Waals surface area contributed by atoms with E-state index in [0.717, 1.165) is 0 Å². The minimum atomic E-state index is -3.23. The van der Waals surface area contributed by atoms with Crippen LogP contribution >= 0.6 is 0 Å². The van der Waals surface area contributed by atoms with Gasteiger partial charge in [0.05, 0.1) is 11.3 Å². The summed E-state index contributed by atoms with van der Waals surface area (Å²) in [5.74, 6) is 0.335. The lowest BCUT2D eigenvalue weighted by atomic mass is 10.3. The van der Waals surface area contributed by atoms with Crippen LogP contribution in [0.25, 0.3) is 0 Å². The van der Waals surface area contributed by atoms with Crippen LogP contribution < -0.4 is 10.0 Å². The molecule has 0 spiro atoms. The molecule has 0 aliphatic rings. The molecule has 0 fully saturated rings. The molecule has 6 nitrogen and oxygen atoms in total. The summed E-state index contributed by atoms with van der Waals surface area (Å²) in [5, 5.41) is 11.6. The lowest BCUT2D eigenvalue weighted by molar-refractivity contribution is 0.588. The van der Waals surface area contributed by atoms with Crippen molar-refractivity contribution >= 4 is 15.8 Å². The van der Waals surface area contributed by atoms with E-state index in [-0.39, 0.29) is 12.3 Å². The molecular weight excluding hydrogens is 228 g/mol. The molecule has 86 valence electrons. The van der Waals surface area contributed by atoms with Gasteiger partial charge in [0.15, 0.2) is 0 Å². The smallest absolute Gasteiger partial charge is 0.213 e. The maximum Gasteiger partial charge on any atom is 0.213 e. The second-order valence-corrected chi connectivity index (χ2v) is 5.01. The van der Waals surface area contributed by atoms with Gasteiger partial charge in [0.25, 0.3) is 0 Å². The Labute approximate surface area is 94.4 Å². The summed E-state index contributed by atoms with van der Waals surface area (Å²) in [4.78, 5) is 3.95. The van der Waals surface area contributed by atoms with Gasteiger partial charge in [-0.05, 0) is 19.2 Å². The molecule has 0 atom stereocenters. The Kier molecular flexibility index (Phi) is 4.22. The number of sulfonamides is 1. The molecule has 2 N–H and O–H groups in total. The van der Waals surface area contributed by atoms with Gasteiger partial charge in [0, 0.05) is 12.7 Å². The average Bonchev–Trinajstić information content (AvgIpc) is 2.29. The van der Waals surface area contributed by atoms with E-state index in [9.17, 15) is 8.42 Å². The minimum Gasteiger partial charge on any atom is -0.368 e. The predicted octanol–water partition coefficient (Wildman–Crippen LogP) is -0.0856. The van der Waals surface area contributed by atoms with Crippen molar-refractivity contribution in [1.29, 1.82) is 5.26 Å². The van der Waals surface area contributed by atoms with E-state index in [4.69, 9.17) is 5.26 Å². The zero-order valence-corrected chi connectivity index (χ0v) is 9.58. The maximum absolute atomic E-state index is 11.1. The summed E-state index contributed by atoms with van der Waals surface area (Å²) in [6.45, 7) is 0.203. The second-order valence-electron chi connectivity index (χ2n) is 2.96. The van der Waals surface area contributed by atoms with E-state index < -0.39 is 10.0 Å². The van der Waals surface area contributed by atoms with Crippen LogP contribution in [0.2, 0.25) is 0 Å². The van der Waals surface area contributed by atoms with Gasteiger partial charge in [0.2, 0.25) is 10.0 Å². The molecule has 0 unspecified atom stereocenters. The van der Waals surface area contributed by atoms with Gasteiger partial charge in [-0.3, -0.25) is 0 Å². The SMILES string of the molecule is CNS(=O)(=O)CCNc1ncccc1C#N. The molecule has 1 aromatic heterocycles. The fraction of sp³-hybridized carbons (Fsp3) is 0.333. The van der Waals surface area contributed by atoms with E-state index in [0.29, 0.717) is 11.4 Å². The fourth-order valence-electron chi connectivity index (χ4n) is 1.04. The summed E-state index contributed by atoms with van der Waals surface area (Å²) in [6, 6.07) is 5.23. The van der Waals surface area contributed by atoms with Crippen molar-refractivity contribution in [3.63, 3.8) is 0 Å². The number of pyridine rings is 1. The van der Waals surface area contributed by atoms with Crippen LogP contribution in [0.5, 0.6) is 0 Å². The van der Waals surface area contributed by atoms with Crippen LogP contribution in [0.4, 0.5) is 5.82 Å². The highest BCUT2D eigenvalue weighted by atomic mass is 32.2. The largest absolute Gasteiger partial charge is 0.368 e. The molecule has 0 radical (unpaired) electrons. The third kappa shape index (κ3) is 3.49. The quantitative estimate of drug-likeness (QED) is 0.750. The van der Waals surface area contributed by atoms with E-state index in [1.807, 2.05) is 6.07 Å². The Balaban J connectivity index is 2.60. The molecule has 0 saturated carbocycles. The summed E-state index contributed by atoms with van der Waals surface area (Å²) in [6.07, 6.45) is 1.54. The molecule has 1 heterocycles. The summed E-state index contributed by atoms with van der Waals surface area (Å²) >= 11 is 0. The third-order valence-electron chi connectivity index (χ3n) is 1.90. The second kappa shape index (κ2) is 5.44. The molecule has 1 rings (SSSR count). The van der Waals surface area contributed by atoms with Crippen molar-refractivity contribution in [2.45, 2.75) is 0 Å². The van der Waals surface area contributed by atoms with E-state index in [1.54, 1.807) is 12.1 Å². The molecule has 0 aromatic carbocycles. The van der Waals surface area contributed by atoms with Crippen molar-refractivity contribution < 1.29 is 8.42 Å². The van der Waals surface area contributed by atoms with Crippen molar-refractivity contribution in [2.24, 2.45) is 0 Å². The normalized spacial score (nSPS) is 10.8. The number of aromatic nitrogens is 1. The molecule has 0 amide bonds. The highest BCUT2D eigenvalue weighted by molar-refractivity contribution is 7.89. The first kappa shape index (κ1) is 12.4. The summed E-state index contributed by atoms with van der Waals surface area (Å²) in [5.41, 5.74) is 0.393. The lowest BCUT2D eigenvalue weighted by Crippen LogP contribution is -2.26. The Morgan fingerprint density at radius 3 is 2.94 bits per heavy atom. The van der Waals surface area contributed by atoms with Crippen LogP contribution in [0, 0.1) is 11.3 Å². The zero-order chi connectivity index (χ0) is 12.0. The topological polar surface area (TPSA) is 94.9 Å². The van der Waals surface area contributed by atoms with Crippen LogP contribution in [-0.2, 0) is 10.0 Å². The molecule has 1 aromatic rings. The first-order valence-electron chi connectivity index (χ1n) is 4.59. The Morgan fingerprint density at radius 1 is 1.56 bits per heavy atom. The molecule has 7 heteroatoms. The van der Waals surface area contributed by atoms with Gasteiger partial charge in [-0.25, -0.2) is 18.1 Å². The highest BCUT2D eigenvalue weighted by Crippen LogP contribution is 2.08. The maximum atomic E-state index is 11.1. The van der Waals surface area contributed by atoms with Crippen LogP contribution in [0.3, 0.4) is 0 Å². The fourth-order valence-corrected chi connectivity index (χ4v) is 1.62. The number of nitrogens with zero attached hydrogens (tertiary/aromatic N) is 2. The van der Waals surface area contributed by atoms with Crippen molar-refractivity contribution in [1.82, 2.24) is 9.71 Å². The molecular formula is C9H12N4O2S. The monoisotopic (exact) mass is 240 g/mol. The van der Waals surface area contributed by atoms with Crippen LogP contribution in [0.1, 0.15) is 5.56 Å². The predicted molar refractivity (Wildman–Crippen MR) is 60.3 cm³/mol. The lowest BCUT2D eigenvalue weighted by Gasteiger charge is -2.06. The Morgan fingerprint density at radius 2 is 2.31 bits per heavy atom. The summed E-state index contributed by atoms with van der Waals surface area (Å²) < 4.78 is 24.4. The van der Waals surface area contributed by atoms with Crippen LogP contribution in [-0.4, -0.2) is 32.7 Å². The van der Waals surface area contributed by atoms with E-state index in [1.165, 1.54) is 13.2 Å². The van der Waals surface area contributed by atoms with Crippen molar-refractivity contribution in [2.75, 3.05) is 24.7 Å². The van der Waals surface area contributed by atoms with Gasteiger partial charge < -0.3 is 5.32 Å². The van der Waals surface area contributed by atoms with E-state index in [2.05, 4.69) is 15.0 Å². The Hall–Kier alpha value is -1.65. The van der Waals surface area contributed by atoms with Gasteiger partial charge in [-0.15, -0.1) is 0 Å². The number of anilines is 1. The summed E-state index contributed by atoms with van der Waals surface area (Å²) in [7, 11) is -1.87. The third-order valence-corrected chi connectivity index (χ3v) is 3.27. The number of rotatable bonds is 5. The van der Waals surface area contributed by atoms with Gasteiger partial charge >= 0.3 is 0 Å². The van der Waals surface area contributed by atoms with E-state index >= 15 is 0 Å². The first-order chi connectivity index (χ1) is 7.59.